The summed E-state index contributed by atoms with van der Waals surface area (Å²) in [5.74, 6) is 1.18. The summed E-state index contributed by atoms with van der Waals surface area (Å²) < 4.78 is 5.56. The standard InChI is InChI=1S/C17H26N2O2/c1-13(2)4-3-5-17(20)19-16-12-21-11-15(16)10-14-6-8-18-9-7-14/h6-9,13,15-16H,3-5,10-12H2,1-2H3,(H,19,20)/t15-,16+/m1/s1. The van der Waals surface area contributed by atoms with E-state index in [0.717, 1.165) is 25.9 Å². The monoisotopic (exact) mass is 290 g/mol. The predicted octanol–water partition coefficient (Wildman–Crippen LogP) is 2.58. The van der Waals surface area contributed by atoms with E-state index in [1.807, 2.05) is 24.5 Å². The molecule has 0 radical (unpaired) electrons. The van der Waals surface area contributed by atoms with Crippen LogP contribution in [0.5, 0.6) is 0 Å². The number of nitrogens with zero attached hydrogens (tertiary/aromatic N) is 1. The minimum atomic E-state index is 0.143. The lowest BCUT2D eigenvalue weighted by Crippen LogP contribution is -2.40. The van der Waals surface area contributed by atoms with Crippen LogP contribution in [-0.4, -0.2) is 30.1 Å². The molecule has 1 aromatic heterocycles. The molecule has 1 aliphatic heterocycles. The first kappa shape index (κ1) is 16.0. The normalized spacial score (nSPS) is 21.7. The molecule has 1 fully saturated rings. The van der Waals surface area contributed by atoms with Gasteiger partial charge in [-0.15, -0.1) is 0 Å². The number of aromatic nitrogens is 1. The van der Waals surface area contributed by atoms with Crippen molar-refractivity contribution in [3.63, 3.8) is 0 Å². The molecule has 2 heterocycles. The number of ether oxygens (including phenoxy) is 1. The minimum Gasteiger partial charge on any atom is -0.379 e. The fourth-order valence-electron chi connectivity index (χ4n) is 2.73. The second-order valence-electron chi connectivity index (χ2n) is 6.32. The summed E-state index contributed by atoms with van der Waals surface area (Å²) in [6.07, 6.45) is 7.24. The molecule has 4 heteroatoms. The average molecular weight is 290 g/mol. The Morgan fingerprint density at radius 2 is 2.14 bits per heavy atom. The van der Waals surface area contributed by atoms with Gasteiger partial charge >= 0.3 is 0 Å². The number of hydrogen-bond acceptors (Lipinski definition) is 3. The van der Waals surface area contributed by atoms with E-state index < -0.39 is 0 Å². The Bertz CT molecular complexity index is 434. The first-order valence-corrected chi connectivity index (χ1v) is 7.91. The molecule has 0 bridgehead atoms. The van der Waals surface area contributed by atoms with Crippen LogP contribution in [0.2, 0.25) is 0 Å². The number of rotatable bonds is 7. The molecular formula is C17H26N2O2. The molecule has 1 saturated heterocycles. The lowest BCUT2D eigenvalue weighted by molar-refractivity contribution is -0.122. The number of hydrogen-bond donors (Lipinski definition) is 1. The van der Waals surface area contributed by atoms with E-state index >= 15 is 0 Å². The lowest BCUT2D eigenvalue weighted by Gasteiger charge is -2.19. The summed E-state index contributed by atoms with van der Waals surface area (Å²) >= 11 is 0. The fourth-order valence-corrected chi connectivity index (χ4v) is 2.73. The van der Waals surface area contributed by atoms with E-state index in [1.165, 1.54) is 5.56 Å². The zero-order chi connectivity index (χ0) is 15.1. The predicted molar refractivity (Wildman–Crippen MR) is 82.9 cm³/mol. The van der Waals surface area contributed by atoms with Gasteiger partial charge in [0.1, 0.15) is 0 Å². The van der Waals surface area contributed by atoms with Crippen molar-refractivity contribution in [2.75, 3.05) is 13.2 Å². The Balaban J connectivity index is 1.77. The number of carbonyl (C=O) groups is 1. The molecule has 0 spiro atoms. The highest BCUT2D eigenvalue weighted by atomic mass is 16.5. The summed E-state index contributed by atoms with van der Waals surface area (Å²) in [7, 11) is 0. The van der Waals surface area contributed by atoms with Crippen LogP contribution in [-0.2, 0) is 16.0 Å². The van der Waals surface area contributed by atoms with Crippen LogP contribution >= 0.6 is 0 Å². The zero-order valence-corrected chi connectivity index (χ0v) is 13.0. The maximum Gasteiger partial charge on any atom is 0.220 e. The van der Waals surface area contributed by atoms with E-state index in [1.54, 1.807) is 0 Å². The van der Waals surface area contributed by atoms with Crippen molar-refractivity contribution in [2.45, 2.75) is 45.6 Å². The van der Waals surface area contributed by atoms with Gasteiger partial charge < -0.3 is 10.1 Å². The van der Waals surface area contributed by atoms with E-state index in [2.05, 4.69) is 24.1 Å². The van der Waals surface area contributed by atoms with Crippen molar-refractivity contribution < 1.29 is 9.53 Å². The SMILES string of the molecule is CC(C)CCCC(=O)N[C@H]1COC[C@H]1Cc1ccncc1. The molecule has 1 aliphatic rings. The van der Waals surface area contributed by atoms with Crippen molar-refractivity contribution in [1.29, 1.82) is 0 Å². The van der Waals surface area contributed by atoms with Gasteiger partial charge in [0.05, 0.1) is 19.3 Å². The van der Waals surface area contributed by atoms with E-state index in [4.69, 9.17) is 4.74 Å². The molecule has 0 saturated carbocycles. The number of nitrogens with one attached hydrogen (secondary N) is 1. The van der Waals surface area contributed by atoms with E-state index in [0.29, 0.717) is 24.9 Å². The van der Waals surface area contributed by atoms with Crippen LogP contribution in [0.1, 0.15) is 38.7 Å². The van der Waals surface area contributed by atoms with Crippen LogP contribution in [0.3, 0.4) is 0 Å². The van der Waals surface area contributed by atoms with Gasteiger partial charge in [0.15, 0.2) is 0 Å². The third-order valence-corrected chi connectivity index (χ3v) is 3.98. The number of carbonyl (C=O) groups excluding carboxylic acids is 1. The second kappa shape index (κ2) is 8.13. The lowest BCUT2D eigenvalue weighted by atomic mass is 9.95. The Hall–Kier alpha value is -1.42. The van der Waals surface area contributed by atoms with Gasteiger partial charge in [0.25, 0.3) is 0 Å². The average Bonchev–Trinajstić information content (AvgIpc) is 2.86. The Morgan fingerprint density at radius 1 is 1.38 bits per heavy atom. The van der Waals surface area contributed by atoms with Gasteiger partial charge in [-0.05, 0) is 36.5 Å². The first-order valence-electron chi connectivity index (χ1n) is 7.91. The molecule has 2 rings (SSSR count). The molecule has 21 heavy (non-hydrogen) atoms. The largest absolute Gasteiger partial charge is 0.379 e. The third-order valence-electron chi connectivity index (χ3n) is 3.98. The molecular weight excluding hydrogens is 264 g/mol. The number of pyridine rings is 1. The van der Waals surface area contributed by atoms with Crippen molar-refractivity contribution >= 4 is 5.91 Å². The smallest absolute Gasteiger partial charge is 0.220 e. The number of amides is 1. The molecule has 0 aromatic carbocycles. The summed E-state index contributed by atoms with van der Waals surface area (Å²) in [6.45, 7) is 5.73. The molecule has 2 atom stereocenters. The van der Waals surface area contributed by atoms with Gasteiger partial charge in [-0.1, -0.05) is 20.3 Å². The Labute approximate surface area is 127 Å². The quantitative estimate of drug-likeness (QED) is 0.839. The summed E-state index contributed by atoms with van der Waals surface area (Å²) in [6, 6.07) is 4.20. The van der Waals surface area contributed by atoms with Crippen LogP contribution < -0.4 is 5.32 Å². The zero-order valence-electron chi connectivity index (χ0n) is 13.0. The molecule has 0 unspecified atom stereocenters. The summed E-state index contributed by atoms with van der Waals surface area (Å²) in [5, 5.41) is 3.14. The van der Waals surface area contributed by atoms with Gasteiger partial charge in [-0.25, -0.2) is 0 Å². The van der Waals surface area contributed by atoms with Crippen LogP contribution in [0.15, 0.2) is 24.5 Å². The minimum absolute atomic E-state index is 0.143. The highest BCUT2D eigenvalue weighted by Crippen LogP contribution is 2.19. The molecule has 1 aromatic rings. The van der Waals surface area contributed by atoms with E-state index in [-0.39, 0.29) is 11.9 Å². The topological polar surface area (TPSA) is 51.2 Å². The van der Waals surface area contributed by atoms with Gasteiger partial charge in [0, 0.05) is 24.7 Å². The van der Waals surface area contributed by atoms with Crippen molar-refractivity contribution in [3.8, 4) is 0 Å². The molecule has 1 N–H and O–H groups in total. The highest BCUT2D eigenvalue weighted by molar-refractivity contribution is 5.76. The highest BCUT2D eigenvalue weighted by Gasteiger charge is 2.29. The Kier molecular flexibility index (Phi) is 6.18. The Morgan fingerprint density at radius 3 is 2.86 bits per heavy atom. The van der Waals surface area contributed by atoms with E-state index in [9.17, 15) is 4.79 Å². The van der Waals surface area contributed by atoms with Crippen LogP contribution in [0.4, 0.5) is 0 Å². The van der Waals surface area contributed by atoms with Gasteiger partial charge in [0.2, 0.25) is 5.91 Å². The van der Waals surface area contributed by atoms with Crippen molar-refractivity contribution in [3.05, 3.63) is 30.1 Å². The van der Waals surface area contributed by atoms with Crippen molar-refractivity contribution in [2.24, 2.45) is 11.8 Å². The van der Waals surface area contributed by atoms with Crippen LogP contribution in [0.25, 0.3) is 0 Å². The van der Waals surface area contributed by atoms with Crippen LogP contribution in [0, 0.1) is 11.8 Å². The molecule has 0 aliphatic carbocycles. The maximum atomic E-state index is 12.0. The van der Waals surface area contributed by atoms with Crippen molar-refractivity contribution in [1.82, 2.24) is 10.3 Å². The summed E-state index contributed by atoms with van der Waals surface area (Å²) in [4.78, 5) is 16.0. The fraction of sp³-hybridized carbons (Fsp3) is 0.647. The van der Waals surface area contributed by atoms with Gasteiger partial charge in [-0.3, -0.25) is 9.78 Å². The van der Waals surface area contributed by atoms with Gasteiger partial charge in [-0.2, -0.15) is 0 Å². The maximum absolute atomic E-state index is 12.0. The molecule has 1 amide bonds. The molecule has 4 nitrogen and oxygen atoms in total. The summed E-state index contributed by atoms with van der Waals surface area (Å²) in [5.41, 5.74) is 1.25. The third kappa shape index (κ3) is 5.46. The first-order chi connectivity index (χ1) is 10.1. The molecule has 116 valence electrons. The second-order valence-corrected chi connectivity index (χ2v) is 6.32.